The standard InChI is InChI=1S/C18H16/c1-2-5-15(6-3-1)7-4-8-17-12-9-16-10-13-18(17)14-11-16/h1-14,16,18H/b7-4+,17-8-. The molecule has 0 heterocycles. The third-order valence-electron chi connectivity index (χ3n) is 3.35. The summed E-state index contributed by atoms with van der Waals surface area (Å²) in [6, 6.07) is 10.4. The van der Waals surface area contributed by atoms with Crippen LogP contribution in [-0.4, -0.2) is 0 Å². The van der Waals surface area contributed by atoms with Crippen LogP contribution in [0.2, 0.25) is 0 Å². The average molecular weight is 232 g/mol. The molecular formula is C18H16. The Bertz CT molecular complexity index is 539. The Hall–Kier alpha value is -2.08. The fourth-order valence-corrected chi connectivity index (χ4v) is 2.31. The number of hydrogen-bond donors (Lipinski definition) is 0. The minimum absolute atomic E-state index is 0.445. The van der Waals surface area contributed by atoms with Crippen molar-refractivity contribution in [1.82, 2.24) is 0 Å². The molecule has 3 aliphatic carbocycles. The first-order chi connectivity index (χ1) is 8.92. The van der Waals surface area contributed by atoms with Crippen molar-refractivity contribution < 1.29 is 0 Å². The number of hydrogen-bond acceptors (Lipinski definition) is 0. The predicted octanol–water partition coefficient (Wildman–Crippen LogP) is 4.55. The third kappa shape index (κ3) is 2.43. The van der Waals surface area contributed by atoms with Crippen LogP contribution in [0.4, 0.5) is 0 Å². The minimum Gasteiger partial charge on any atom is -0.0769 e. The molecule has 88 valence electrons. The first-order valence-corrected chi connectivity index (χ1v) is 6.40. The highest BCUT2D eigenvalue weighted by atomic mass is 14.2. The summed E-state index contributed by atoms with van der Waals surface area (Å²) in [6.45, 7) is 0. The maximum atomic E-state index is 2.28. The maximum absolute atomic E-state index is 2.28. The van der Waals surface area contributed by atoms with Gasteiger partial charge >= 0.3 is 0 Å². The van der Waals surface area contributed by atoms with E-state index in [1.165, 1.54) is 11.1 Å². The number of benzene rings is 1. The topological polar surface area (TPSA) is 0 Å². The van der Waals surface area contributed by atoms with Crippen LogP contribution in [0.5, 0.6) is 0 Å². The van der Waals surface area contributed by atoms with Crippen LogP contribution in [0, 0.1) is 11.8 Å². The zero-order valence-corrected chi connectivity index (χ0v) is 10.2. The van der Waals surface area contributed by atoms with E-state index in [0.717, 1.165) is 0 Å². The quantitative estimate of drug-likeness (QED) is 0.656. The zero-order valence-electron chi connectivity index (χ0n) is 10.2. The lowest BCUT2D eigenvalue weighted by Crippen LogP contribution is -1.97. The Morgan fingerprint density at radius 2 is 1.61 bits per heavy atom. The van der Waals surface area contributed by atoms with Gasteiger partial charge in [-0.25, -0.2) is 0 Å². The molecule has 2 bridgehead atoms. The third-order valence-corrected chi connectivity index (χ3v) is 3.35. The van der Waals surface area contributed by atoms with Crippen molar-refractivity contribution in [2.45, 2.75) is 0 Å². The Kier molecular flexibility index (Phi) is 3.10. The van der Waals surface area contributed by atoms with E-state index in [4.69, 9.17) is 0 Å². The Morgan fingerprint density at radius 1 is 0.833 bits per heavy atom. The summed E-state index contributed by atoms with van der Waals surface area (Å²) in [6.07, 6.45) is 20.1. The highest BCUT2D eigenvalue weighted by Crippen LogP contribution is 2.27. The van der Waals surface area contributed by atoms with Crippen LogP contribution in [0.25, 0.3) is 6.08 Å². The molecule has 4 rings (SSSR count). The number of fused-ring (bicyclic) bond motifs is 1. The van der Waals surface area contributed by atoms with E-state index in [-0.39, 0.29) is 0 Å². The number of rotatable bonds is 2. The normalized spacial score (nSPS) is 27.2. The van der Waals surface area contributed by atoms with Gasteiger partial charge in [0.1, 0.15) is 0 Å². The van der Waals surface area contributed by atoms with Gasteiger partial charge in [0, 0.05) is 11.8 Å². The lowest BCUT2D eigenvalue weighted by atomic mass is 9.95. The molecule has 0 spiro atoms. The van der Waals surface area contributed by atoms with E-state index in [1.54, 1.807) is 0 Å². The Labute approximate surface area is 108 Å². The molecule has 18 heavy (non-hydrogen) atoms. The van der Waals surface area contributed by atoms with Crippen molar-refractivity contribution in [1.29, 1.82) is 0 Å². The first-order valence-electron chi connectivity index (χ1n) is 6.40. The van der Waals surface area contributed by atoms with Gasteiger partial charge in [0.05, 0.1) is 0 Å². The van der Waals surface area contributed by atoms with Crippen LogP contribution in [-0.2, 0) is 0 Å². The molecule has 0 aliphatic heterocycles. The van der Waals surface area contributed by atoms with Crippen LogP contribution in [0.3, 0.4) is 0 Å². The van der Waals surface area contributed by atoms with E-state index in [2.05, 4.69) is 78.9 Å². The second-order valence-corrected chi connectivity index (χ2v) is 4.67. The molecule has 0 heteroatoms. The monoisotopic (exact) mass is 232 g/mol. The van der Waals surface area contributed by atoms with Crippen molar-refractivity contribution in [2.24, 2.45) is 11.8 Å². The summed E-state index contributed by atoms with van der Waals surface area (Å²) >= 11 is 0. The molecule has 0 saturated heterocycles. The van der Waals surface area contributed by atoms with Crippen LogP contribution in [0.1, 0.15) is 5.56 Å². The summed E-state index contributed by atoms with van der Waals surface area (Å²) in [7, 11) is 0. The molecule has 0 unspecified atom stereocenters. The SMILES string of the molecule is C1=CC2C=CC(C=C2)/C1=C\C=C\c1ccccc1. The van der Waals surface area contributed by atoms with Crippen LogP contribution < -0.4 is 0 Å². The first kappa shape index (κ1) is 11.0. The maximum Gasteiger partial charge on any atom is 0.0199 e. The van der Waals surface area contributed by atoms with Crippen molar-refractivity contribution in [3.63, 3.8) is 0 Å². The number of allylic oxidation sites excluding steroid dienone is 9. The summed E-state index contributed by atoms with van der Waals surface area (Å²) in [4.78, 5) is 0. The van der Waals surface area contributed by atoms with Gasteiger partial charge in [-0.2, -0.15) is 0 Å². The van der Waals surface area contributed by atoms with E-state index in [0.29, 0.717) is 11.8 Å². The highest BCUT2D eigenvalue weighted by molar-refractivity contribution is 5.52. The van der Waals surface area contributed by atoms with E-state index in [1.807, 2.05) is 6.07 Å². The molecule has 1 aromatic rings. The molecule has 3 aliphatic rings. The van der Waals surface area contributed by atoms with Crippen molar-refractivity contribution in [2.75, 3.05) is 0 Å². The highest BCUT2D eigenvalue weighted by Gasteiger charge is 2.13. The van der Waals surface area contributed by atoms with E-state index >= 15 is 0 Å². The molecule has 0 amide bonds. The van der Waals surface area contributed by atoms with E-state index in [9.17, 15) is 0 Å². The van der Waals surface area contributed by atoms with Crippen molar-refractivity contribution in [3.05, 3.63) is 90.1 Å². The van der Waals surface area contributed by atoms with Crippen LogP contribution >= 0.6 is 0 Å². The second-order valence-electron chi connectivity index (χ2n) is 4.67. The lowest BCUT2D eigenvalue weighted by molar-refractivity contribution is 0.942. The predicted molar refractivity (Wildman–Crippen MR) is 78.0 cm³/mol. The zero-order chi connectivity index (χ0) is 12.2. The fourth-order valence-electron chi connectivity index (χ4n) is 2.31. The van der Waals surface area contributed by atoms with Gasteiger partial charge in [-0.05, 0) is 11.1 Å². The molecular weight excluding hydrogens is 216 g/mol. The smallest absolute Gasteiger partial charge is 0.0199 e. The van der Waals surface area contributed by atoms with Gasteiger partial charge in [0.15, 0.2) is 0 Å². The average Bonchev–Trinajstić information content (AvgIpc) is 2.74. The summed E-state index contributed by atoms with van der Waals surface area (Å²) in [5, 5.41) is 0. The van der Waals surface area contributed by atoms with E-state index < -0.39 is 0 Å². The van der Waals surface area contributed by atoms with Gasteiger partial charge < -0.3 is 0 Å². The Balaban J connectivity index is 1.79. The molecule has 0 aromatic heterocycles. The molecule has 0 N–H and O–H groups in total. The largest absolute Gasteiger partial charge is 0.0769 e. The Morgan fingerprint density at radius 3 is 2.39 bits per heavy atom. The summed E-state index contributed by atoms with van der Waals surface area (Å²) in [5.74, 6) is 0.936. The summed E-state index contributed by atoms with van der Waals surface area (Å²) in [5.41, 5.74) is 2.59. The summed E-state index contributed by atoms with van der Waals surface area (Å²) < 4.78 is 0. The molecule has 1 aromatic carbocycles. The second kappa shape index (κ2) is 5.05. The van der Waals surface area contributed by atoms with Gasteiger partial charge in [-0.15, -0.1) is 0 Å². The van der Waals surface area contributed by atoms with Gasteiger partial charge in [-0.1, -0.05) is 85.0 Å². The van der Waals surface area contributed by atoms with Crippen LogP contribution in [0.15, 0.2) is 84.5 Å². The molecule has 0 fully saturated rings. The van der Waals surface area contributed by atoms with Gasteiger partial charge in [-0.3, -0.25) is 0 Å². The minimum atomic E-state index is 0.445. The molecule has 0 atom stereocenters. The fraction of sp³-hybridized carbons (Fsp3) is 0.111. The molecule has 0 nitrogen and oxygen atoms in total. The lowest BCUT2D eigenvalue weighted by Gasteiger charge is -2.10. The van der Waals surface area contributed by atoms with Crippen molar-refractivity contribution in [3.8, 4) is 0 Å². The van der Waals surface area contributed by atoms with Gasteiger partial charge in [0.25, 0.3) is 0 Å². The van der Waals surface area contributed by atoms with Gasteiger partial charge in [0.2, 0.25) is 0 Å². The van der Waals surface area contributed by atoms with Crippen molar-refractivity contribution >= 4 is 6.08 Å². The molecule has 0 saturated carbocycles. The molecule has 0 radical (unpaired) electrons.